The first-order chi connectivity index (χ1) is 8.90. The zero-order chi connectivity index (χ0) is 14.0. The van der Waals surface area contributed by atoms with Crippen LogP contribution in [0.3, 0.4) is 0 Å². The Hall–Kier alpha value is -1.23. The smallest absolute Gasteiger partial charge is 0.357 e. The van der Waals surface area contributed by atoms with Crippen LogP contribution in [0, 0.1) is 5.92 Å². The molecule has 19 heavy (non-hydrogen) atoms. The Labute approximate surface area is 114 Å². The maximum absolute atomic E-state index is 12.6. The van der Waals surface area contributed by atoms with Crippen molar-refractivity contribution in [3.8, 4) is 0 Å². The van der Waals surface area contributed by atoms with E-state index in [4.69, 9.17) is 11.6 Å². The molecule has 1 aromatic heterocycles. The van der Waals surface area contributed by atoms with Gasteiger partial charge in [0.25, 0.3) is 0 Å². The third-order valence-electron chi connectivity index (χ3n) is 3.29. The summed E-state index contributed by atoms with van der Waals surface area (Å²) in [4.78, 5) is 6.14. The summed E-state index contributed by atoms with van der Waals surface area (Å²) < 4.78 is 37.8. The Morgan fingerprint density at radius 2 is 1.95 bits per heavy atom. The molecule has 2 heterocycles. The number of hydrogen-bond donors (Lipinski definition) is 0. The van der Waals surface area contributed by atoms with E-state index in [9.17, 15) is 13.2 Å². The van der Waals surface area contributed by atoms with Gasteiger partial charge < -0.3 is 4.90 Å². The van der Waals surface area contributed by atoms with Gasteiger partial charge in [-0.2, -0.15) is 13.2 Å². The van der Waals surface area contributed by atoms with E-state index in [1.807, 2.05) is 4.90 Å². The van der Waals surface area contributed by atoms with Gasteiger partial charge in [-0.15, -0.1) is 0 Å². The van der Waals surface area contributed by atoms with E-state index in [1.165, 1.54) is 0 Å². The number of aromatic nitrogens is 1. The number of pyridine rings is 1. The van der Waals surface area contributed by atoms with Crippen LogP contribution in [0.25, 0.3) is 6.08 Å². The molecule has 0 amide bonds. The summed E-state index contributed by atoms with van der Waals surface area (Å²) in [6.07, 6.45) is -2.33. The molecule has 0 bridgehead atoms. The first kappa shape index (κ1) is 14.2. The maximum Gasteiger partial charge on any atom is 0.391 e. The molecular weight excluding hydrogens is 277 g/mol. The molecule has 1 aliphatic heterocycles. The normalized spacial score (nSPS) is 17.6. The molecule has 2 rings (SSSR count). The lowest BCUT2D eigenvalue weighted by molar-refractivity contribution is -0.179. The highest BCUT2D eigenvalue weighted by Gasteiger charge is 2.41. The first-order valence-corrected chi connectivity index (χ1v) is 6.39. The number of alkyl halides is 3. The van der Waals surface area contributed by atoms with Crippen LogP contribution in [0.1, 0.15) is 18.5 Å². The Kier molecular flexibility index (Phi) is 4.04. The molecule has 1 fully saturated rings. The minimum absolute atomic E-state index is 0.0983. The number of anilines is 1. The lowest BCUT2D eigenvalue weighted by atomic mass is 9.96. The van der Waals surface area contributed by atoms with Crippen molar-refractivity contribution in [1.82, 2.24) is 4.98 Å². The highest BCUT2D eigenvalue weighted by molar-refractivity contribution is 6.30. The molecule has 0 atom stereocenters. The number of nitrogens with zero attached hydrogens (tertiary/aromatic N) is 2. The average molecular weight is 291 g/mol. The van der Waals surface area contributed by atoms with E-state index < -0.39 is 12.1 Å². The molecule has 0 N–H and O–H groups in total. The van der Waals surface area contributed by atoms with Crippen molar-refractivity contribution in [2.45, 2.75) is 19.0 Å². The topological polar surface area (TPSA) is 16.1 Å². The minimum Gasteiger partial charge on any atom is -0.357 e. The first-order valence-electron chi connectivity index (χ1n) is 6.02. The van der Waals surface area contributed by atoms with Gasteiger partial charge in [-0.1, -0.05) is 18.2 Å². The van der Waals surface area contributed by atoms with Gasteiger partial charge >= 0.3 is 6.18 Å². The Balaban J connectivity index is 2.09. The van der Waals surface area contributed by atoms with E-state index >= 15 is 0 Å². The largest absolute Gasteiger partial charge is 0.391 e. The van der Waals surface area contributed by atoms with Crippen molar-refractivity contribution in [2.75, 3.05) is 18.0 Å². The van der Waals surface area contributed by atoms with E-state index in [-0.39, 0.29) is 12.8 Å². The highest BCUT2D eigenvalue weighted by Crippen LogP contribution is 2.35. The van der Waals surface area contributed by atoms with Gasteiger partial charge in [0.2, 0.25) is 0 Å². The molecule has 0 saturated carbocycles. The lowest BCUT2D eigenvalue weighted by Crippen LogP contribution is -2.39. The number of halogens is 4. The molecule has 6 heteroatoms. The predicted octanol–water partition coefficient (Wildman–Crippen LogP) is 4.16. The van der Waals surface area contributed by atoms with Gasteiger partial charge in [0.05, 0.1) is 11.6 Å². The molecule has 1 saturated heterocycles. The van der Waals surface area contributed by atoms with Crippen LogP contribution >= 0.6 is 11.6 Å². The van der Waals surface area contributed by atoms with E-state index in [2.05, 4.69) is 11.6 Å². The molecule has 1 aliphatic rings. The molecule has 0 unspecified atom stereocenters. The molecule has 0 radical (unpaired) electrons. The van der Waals surface area contributed by atoms with Gasteiger partial charge in [-0.05, 0) is 31.1 Å². The van der Waals surface area contributed by atoms with Crippen molar-refractivity contribution in [3.05, 3.63) is 29.4 Å². The summed E-state index contributed by atoms with van der Waals surface area (Å²) in [5.74, 6) is -0.593. The summed E-state index contributed by atoms with van der Waals surface area (Å²) in [5, 5.41) is 0.512. The average Bonchev–Trinajstić information content (AvgIpc) is 2.37. The van der Waals surface area contributed by atoms with E-state index in [0.717, 1.165) is 0 Å². The number of piperidine rings is 1. The van der Waals surface area contributed by atoms with Gasteiger partial charge in [0.1, 0.15) is 5.82 Å². The Morgan fingerprint density at radius 3 is 2.47 bits per heavy atom. The second-order valence-corrected chi connectivity index (χ2v) is 5.01. The van der Waals surface area contributed by atoms with Gasteiger partial charge in [-0.3, -0.25) is 0 Å². The Morgan fingerprint density at radius 1 is 1.32 bits per heavy atom. The Bertz CT molecular complexity index is 465. The van der Waals surface area contributed by atoms with Crippen LogP contribution in [0.4, 0.5) is 19.0 Å². The van der Waals surface area contributed by atoms with Crippen LogP contribution in [0.2, 0.25) is 5.02 Å². The minimum atomic E-state index is -4.10. The van der Waals surface area contributed by atoms with E-state index in [0.29, 0.717) is 29.6 Å². The van der Waals surface area contributed by atoms with Crippen LogP contribution in [0.5, 0.6) is 0 Å². The quantitative estimate of drug-likeness (QED) is 0.813. The SMILES string of the molecule is C=Cc1cc(Cl)cc(N2CCC(C(F)(F)F)CC2)n1. The fourth-order valence-electron chi connectivity index (χ4n) is 2.21. The third-order valence-corrected chi connectivity index (χ3v) is 3.51. The standard InChI is InChI=1S/C13H14ClF3N2/c1-2-11-7-10(14)8-12(18-11)19-5-3-9(4-6-19)13(15,16)17/h2,7-9H,1,3-6H2. The van der Waals surface area contributed by atoms with Crippen LogP contribution in [-0.4, -0.2) is 24.2 Å². The van der Waals surface area contributed by atoms with Gasteiger partial charge in [0, 0.05) is 18.1 Å². The molecule has 1 aromatic rings. The highest BCUT2D eigenvalue weighted by atomic mass is 35.5. The summed E-state index contributed by atoms with van der Waals surface area (Å²) in [6, 6.07) is 3.34. The van der Waals surface area contributed by atoms with Crippen molar-refractivity contribution < 1.29 is 13.2 Å². The van der Waals surface area contributed by atoms with Gasteiger partial charge in [0.15, 0.2) is 0 Å². The fourth-order valence-corrected chi connectivity index (χ4v) is 2.41. The summed E-state index contributed by atoms with van der Waals surface area (Å²) >= 11 is 5.95. The molecule has 104 valence electrons. The fraction of sp³-hybridized carbons (Fsp3) is 0.462. The second-order valence-electron chi connectivity index (χ2n) is 4.58. The number of hydrogen-bond acceptors (Lipinski definition) is 2. The second kappa shape index (κ2) is 5.41. The lowest BCUT2D eigenvalue weighted by Gasteiger charge is -2.33. The zero-order valence-corrected chi connectivity index (χ0v) is 11.0. The van der Waals surface area contributed by atoms with Crippen molar-refractivity contribution in [2.24, 2.45) is 5.92 Å². The van der Waals surface area contributed by atoms with E-state index in [1.54, 1.807) is 18.2 Å². The number of rotatable bonds is 2. The van der Waals surface area contributed by atoms with Crippen molar-refractivity contribution in [3.63, 3.8) is 0 Å². The van der Waals surface area contributed by atoms with Crippen LogP contribution in [-0.2, 0) is 0 Å². The molecule has 2 nitrogen and oxygen atoms in total. The summed E-state index contributed by atoms with van der Waals surface area (Å²) in [6.45, 7) is 4.30. The monoisotopic (exact) mass is 290 g/mol. The summed E-state index contributed by atoms with van der Waals surface area (Å²) in [5.41, 5.74) is 0.625. The van der Waals surface area contributed by atoms with Crippen LogP contribution < -0.4 is 4.90 Å². The van der Waals surface area contributed by atoms with Gasteiger partial charge in [-0.25, -0.2) is 4.98 Å². The van der Waals surface area contributed by atoms with Crippen LogP contribution in [0.15, 0.2) is 18.7 Å². The summed E-state index contributed by atoms with van der Waals surface area (Å²) in [7, 11) is 0. The predicted molar refractivity (Wildman–Crippen MR) is 70.3 cm³/mol. The molecule has 0 aromatic carbocycles. The molecule has 0 aliphatic carbocycles. The molecule has 0 spiro atoms. The third kappa shape index (κ3) is 3.41. The molecular formula is C13H14ClF3N2. The maximum atomic E-state index is 12.6. The van der Waals surface area contributed by atoms with Crippen molar-refractivity contribution >= 4 is 23.5 Å². The van der Waals surface area contributed by atoms with Crippen molar-refractivity contribution in [1.29, 1.82) is 0 Å². The zero-order valence-electron chi connectivity index (χ0n) is 10.3.